The minimum absolute atomic E-state index is 0.500. The van der Waals surface area contributed by atoms with E-state index in [1.807, 2.05) is 0 Å². The summed E-state index contributed by atoms with van der Waals surface area (Å²) in [5.74, 6) is -6.83. The molecular formula is C12H10BNO9. The smallest absolute Gasteiger partial charge is 0.507 e. The van der Waals surface area contributed by atoms with Crippen LogP contribution in [0.25, 0.3) is 0 Å². The molecule has 0 aromatic heterocycles. The Morgan fingerprint density at radius 3 is 2.30 bits per heavy atom. The Balaban J connectivity index is 2.39. The molecule has 120 valence electrons. The van der Waals surface area contributed by atoms with Crippen LogP contribution in [-0.2, 0) is 18.9 Å². The lowest BCUT2D eigenvalue weighted by Gasteiger charge is -2.40. The van der Waals surface area contributed by atoms with Crippen LogP contribution in [0.2, 0.25) is 0 Å². The van der Waals surface area contributed by atoms with Gasteiger partial charge in [-0.2, -0.15) is 0 Å². The summed E-state index contributed by atoms with van der Waals surface area (Å²) in [7, 11) is -0.851. The predicted octanol–water partition coefficient (Wildman–Crippen LogP) is -1.48. The molecule has 2 aliphatic carbocycles. The molecule has 2 unspecified atom stereocenters. The number of allylic oxidation sites excluding steroid dienone is 1. The van der Waals surface area contributed by atoms with Crippen molar-refractivity contribution in [2.24, 2.45) is 11.1 Å². The van der Waals surface area contributed by atoms with Crippen LogP contribution < -0.4 is 5.73 Å². The predicted molar refractivity (Wildman–Crippen MR) is 71.6 cm³/mol. The third-order valence-corrected chi connectivity index (χ3v) is 3.99. The van der Waals surface area contributed by atoms with Crippen molar-refractivity contribution in [2.45, 2.75) is 5.60 Å². The average molecular weight is 323 g/mol. The fourth-order valence-corrected chi connectivity index (χ4v) is 2.83. The minimum Gasteiger partial charge on any atom is -0.507 e. The van der Waals surface area contributed by atoms with Crippen molar-refractivity contribution >= 4 is 19.6 Å². The Kier molecular flexibility index (Phi) is 2.73. The van der Waals surface area contributed by atoms with Gasteiger partial charge in [-0.05, 0) is 12.2 Å². The second kappa shape index (κ2) is 4.23. The first kappa shape index (κ1) is 14.8. The van der Waals surface area contributed by atoms with Crippen molar-refractivity contribution in [3.63, 3.8) is 0 Å². The van der Waals surface area contributed by atoms with Crippen molar-refractivity contribution in [1.82, 2.24) is 0 Å². The van der Waals surface area contributed by atoms with Crippen molar-refractivity contribution in [3.05, 3.63) is 46.5 Å². The standard InChI is InChI=1S/C12H10BNO9/c14-4-2-11(8(18)6(4)16)10(20)23-13-22-9(19)3-1-5(15)7(17)12(3,11)21/h1-2,13,15-18,21H,14H2. The number of carbonyl (C=O) groups is 2. The lowest BCUT2D eigenvalue weighted by Crippen LogP contribution is -2.58. The molecule has 10 nitrogen and oxygen atoms in total. The number of fused-ring (bicyclic) bond motifs is 2. The molecule has 7 N–H and O–H groups in total. The lowest BCUT2D eigenvalue weighted by molar-refractivity contribution is -0.159. The first-order valence-electron chi connectivity index (χ1n) is 6.21. The first-order valence-corrected chi connectivity index (χ1v) is 6.21. The van der Waals surface area contributed by atoms with Crippen LogP contribution in [0, 0.1) is 5.41 Å². The largest absolute Gasteiger partial charge is 0.580 e. The number of carbonyl (C=O) groups excluding carboxylic acids is 2. The van der Waals surface area contributed by atoms with Crippen molar-refractivity contribution < 1.29 is 44.4 Å². The molecular weight excluding hydrogens is 313 g/mol. The second-order valence-electron chi connectivity index (χ2n) is 5.09. The normalized spacial score (nSPS) is 33.4. The summed E-state index contributed by atoms with van der Waals surface area (Å²) < 4.78 is 9.17. The fourth-order valence-electron chi connectivity index (χ4n) is 2.83. The van der Waals surface area contributed by atoms with Gasteiger partial charge in [0.2, 0.25) is 0 Å². The Morgan fingerprint density at radius 1 is 1.09 bits per heavy atom. The van der Waals surface area contributed by atoms with E-state index >= 15 is 0 Å². The van der Waals surface area contributed by atoms with Crippen LogP contribution in [0.1, 0.15) is 0 Å². The Hall–Kier alpha value is -3.08. The monoisotopic (exact) mass is 323 g/mol. The van der Waals surface area contributed by atoms with E-state index in [2.05, 4.69) is 9.31 Å². The van der Waals surface area contributed by atoms with Gasteiger partial charge < -0.3 is 40.6 Å². The topological polar surface area (TPSA) is 180 Å². The third kappa shape index (κ3) is 1.46. The van der Waals surface area contributed by atoms with E-state index in [-0.39, 0.29) is 0 Å². The quantitative estimate of drug-likeness (QED) is 0.288. The maximum absolute atomic E-state index is 12.4. The highest BCUT2D eigenvalue weighted by molar-refractivity contribution is 6.29. The maximum atomic E-state index is 12.4. The second-order valence-corrected chi connectivity index (χ2v) is 5.09. The van der Waals surface area contributed by atoms with Crippen LogP contribution in [-0.4, -0.2) is 50.8 Å². The Bertz CT molecular complexity index is 779. The number of hydrogen-bond acceptors (Lipinski definition) is 10. The van der Waals surface area contributed by atoms with E-state index in [1.54, 1.807) is 0 Å². The van der Waals surface area contributed by atoms with Gasteiger partial charge in [0.1, 0.15) is 0 Å². The molecule has 0 bridgehead atoms. The highest BCUT2D eigenvalue weighted by Crippen LogP contribution is 2.55. The van der Waals surface area contributed by atoms with Crippen LogP contribution in [0.5, 0.6) is 0 Å². The van der Waals surface area contributed by atoms with Crippen molar-refractivity contribution in [2.75, 3.05) is 0 Å². The molecule has 11 heteroatoms. The molecule has 0 amide bonds. The number of nitrogens with two attached hydrogens (primary N) is 1. The van der Waals surface area contributed by atoms with E-state index in [0.717, 1.165) is 6.08 Å². The zero-order chi connectivity index (χ0) is 17.2. The Morgan fingerprint density at radius 2 is 1.74 bits per heavy atom. The van der Waals surface area contributed by atoms with Crippen molar-refractivity contribution in [1.29, 1.82) is 0 Å². The summed E-state index contributed by atoms with van der Waals surface area (Å²) >= 11 is 0. The van der Waals surface area contributed by atoms with Gasteiger partial charge in [-0.3, -0.25) is 4.79 Å². The third-order valence-electron chi connectivity index (χ3n) is 3.99. The van der Waals surface area contributed by atoms with Gasteiger partial charge in [0.15, 0.2) is 34.1 Å². The SMILES string of the molecule is NC1=CC2(C(=O)OBOC(=O)C3=CC(O)=C(O)C32O)C(O)=C1O. The number of aliphatic hydroxyl groups is 5. The molecule has 3 aliphatic rings. The fraction of sp³-hybridized carbons (Fsp3) is 0.167. The van der Waals surface area contributed by atoms with Gasteiger partial charge in [0.25, 0.3) is 0 Å². The minimum atomic E-state index is -2.98. The molecule has 3 rings (SSSR count). The molecule has 0 radical (unpaired) electrons. The summed E-state index contributed by atoms with van der Waals surface area (Å²) in [6.07, 6.45) is 1.39. The average Bonchev–Trinajstić information content (AvgIpc) is 2.88. The van der Waals surface area contributed by atoms with Crippen LogP contribution in [0.3, 0.4) is 0 Å². The number of rotatable bonds is 0. The molecule has 0 aromatic rings. The van der Waals surface area contributed by atoms with Gasteiger partial charge in [0, 0.05) is 0 Å². The van der Waals surface area contributed by atoms with E-state index in [1.165, 1.54) is 0 Å². The molecule has 1 aliphatic heterocycles. The number of hydrogen-bond donors (Lipinski definition) is 6. The molecule has 1 spiro atoms. The zero-order valence-corrected chi connectivity index (χ0v) is 11.3. The summed E-state index contributed by atoms with van der Waals surface area (Å²) in [6.45, 7) is 0. The molecule has 0 aromatic carbocycles. The van der Waals surface area contributed by atoms with Crippen LogP contribution >= 0.6 is 0 Å². The zero-order valence-electron chi connectivity index (χ0n) is 11.3. The van der Waals surface area contributed by atoms with Crippen LogP contribution in [0.4, 0.5) is 0 Å². The van der Waals surface area contributed by atoms with E-state index in [9.17, 15) is 35.1 Å². The van der Waals surface area contributed by atoms with Gasteiger partial charge in [0.05, 0.1) is 11.3 Å². The summed E-state index contributed by atoms with van der Waals surface area (Å²) in [5.41, 5.74) is -1.43. The summed E-state index contributed by atoms with van der Waals surface area (Å²) in [5, 5.41) is 50.5. The van der Waals surface area contributed by atoms with Gasteiger partial charge >= 0.3 is 19.6 Å². The van der Waals surface area contributed by atoms with Gasteiger partial charge in [-0.25, -0.2) is 4.79 Å². The van der Waals surface area contributed by atoms with E-state index < -0.39 is 64.9 Å². The van der Waals surface area contributed by atoms with E-state index in [0.29, 0.717) is 6.08 Å². The Labute approximate surface area is 128 Å². The van der Waals surface area contributed by atoms with Crippen molar-refractivity contribution in [3.8, 4) is 0 Å². The summed E-state index contributed by atoms with van der Waals surface area (Å²) in [6, 6.07) is 0. The van der Waals surface area contributed by atoms with Gasteiger partial charge in [-0.15, -0.1) is 0 Å². The summed E-state index contributed by atoms with van der Waals surface area (Å²) in [4.78, 5) is 24.3. The molecule has 1 heterocycles. The molecule has 2 atom stereocenters. The molecule has 0 saturated carbocycles. The highest BCUT2D eigenvalue weighted by atomic mass is 16.6. The van der Waals surface area contributed by atoms with E-state index in [4.69, 9.17) is 5.73 Å². The molecule has 23 heavy (non-hydrogen) atoms. The number of aliphatic hydroxyl groups excluding tert-OH is 4. The lowest BCUT2D eigenvalue weighted by atomic mass is 9.67. The van der Waals surface area contributed by atoms with Gasteiger partial charge in [-0.1, -0.05) is 0 Å². The highest BCUT2D eigenvalue weighted by Gasteiger charge is 2.70. The molecule has 1 saturated heterocycles. The first-order chi connectivity index (χ1) is 10.7. The maximum Gasteiger partial charge on any atom is 0.580 e. The molecule has 1 fully saturated rings. The van der Waals surface area contributed by atoms with Crippen LogP contribution in [0.15, 0.2) is 46.5 Å².